The average Bonchev–Trinajstić information content (AvgIpc) is 3.76. The molecule has 1 saturated heterocycles. The van der Waals surface area contributed by atoms with Gasteiger partial charge in [-0.3, -0.25) is 9.59 Å². The number of hydrogen-bond donors (Lipinski definition) is 2. The second-order valence-electron chi connectivity index (χ2n) is 11.4. The summed E-state index contributed by atoms with van der Waals surface area (Å²) in [5.74, 6) is 2.46. The predicted octanol–water partition coefficient (Wildman–Crippen LogP) is 4.81. The molecule has 3 heterocycles. The van der Waals surface area contributed by atoms with E-state index < -0.39 is 0 Å². The third-order valence-corrected chi connectivity index (χ3v) is 9.69. The van der Waals surface area contributed by atoms with E-state index in [-0.39, 0.29) is 17.9 Å². The van der Waals surface area contributed by atoms with E-state index in [1.807, 2.05) is 17.7 Å². The molecule has 6 rings (SSSR count). The molecule has 4 aliphatic rings. The lowest BCUT2D eigenvalue weighted by molar-refractivity contribution is -0.119. The van der Waals surface area contributed by atoms with Gasteiger partial charge >= 0.3 is 0 Å². The van der Waals surface area contributed by atoms with Gasteiger partial charge in [0.25, 0.3) is 5.91 Å². The first kappa shape index (κ1) is 25.2. The molecular weight excluding hydrogens is 504 g/mol. The van der Waals surface area contributed by atoms with Gasteiger partial charge in [-0.05, 0) is 75.7 Å². The van der Waals surface area contributed by atoms with Gasteiger partial charge in [0.15, 0.2) is 0 Å². The molecule has 3 aliphatic carbocycles. The molecule has 37 heavy (non-hydrogen) atoms. The Balaban J connectivity index is 1.15. The average molecular weight is 541 g/mol. The van der Waals surface area contributed by atoms with Crippen LogP contribution >= 0.6 is 23.6 Å². The summed E-state index contributed by atoms with van der Waals surface area (Å²) in [6.45, 7) is 4.20. The second kappa shape index (κ2) is 10.6. The van der Waals surface area contributed by atoms with Crippen LogP contribution < -0.4 is 10.6 Å². The topological polar surface area (TPSA) is 85.2 Å². The van der Waals surface area contributed by atoms with Gasteiger partial charge in [0.1, 0.15) is 11.6 Å². The van der Waals surface area contributed by atoms with Crippen molar-refractivity contribution in [3.8, 4) is 0 Å². The van der Waals surface area contributed by atoms with Gasteiger partial charge in [0.2, 0.25) is 0 Å². The maximum Gasteiger partial charge on any atom is 0.252 e. The molecule has 2 saturated carbocycles. The van der Waals surface area contributed by atoms with Crippen LogP contribution in [0.15, 0.2) is 6.07 Å². The van der Waals surface area contributed by atoms with Crippen molar-refractivity contribution in [2.24, 2.45) is 17.8 Å². The first-order valence-electron chi connectivity index (χ1n) is 13.8. The molecule has 2 N–H and O–H groups in total. The van der Waals surface area contributed by atoms with E-state index in [9.17, 15) is 9.59 Å². The van der Waals surface area contributed by atoms with Gasteiger partial charge in [-0.2, -0.15) is 5.10 Å². The van der Waals surface area contributed by atoms with Crippen molar-refractivity contribution >= 4 is 46.1 Å². The SMILES string of the molecule is Cc1cc(NC(=S)C[C@H]2CCc3sc(CC(=O)C4CC4)c(C(=O)NCC4CC4)c3C2)n(C2CCOC2)n1. The molecule has 198 valence electrons. The Bertz CT molecular complexity index is 1200. The van der Waals surface area contributed by atoms with E-state index in [1.54, 1.807) is 11.3 Å². The van der Waals surface area contributed by atoms with Gasteiger partial charge < -0.3 is 15.4 Å². The molecule has 0 bridgehead atoms. The third kappa shape index (κ3) is 5.83. The molecule has 1 amide bonds. The molecule has 1 aliphatic heterocycles. The first-order valence-corrected chi connectivity index (χ1v) is 15.0. The van der Waals surface area contributed by atoms with E-state index in [1.165, 1.54) is 23.3 Å². The number of aromatic nitrogens is 2. The largest absolute Gasteiger partial charge is 0.379 e. The number of carbonyl (C=O) groups is 2. The number of thiocarbonyl (C=S) groups is 1. The summed E-state index contributed by atoms with van der Waals surface area (Å²) < 4.78 is 7.59. The van der Waals surface area contributed by atoms with E-state index in [0.717, 1.165) is 85.0 Å². The summed E-state index contributed by atoms with van der Waals surface area (Å²) in [5.41, 5.74) is 2.93. The molecular formula is C28H36N4O3S2. The van der Waals surface area contributed by atoms with E-state index in [2.05, 4.69) is 15.7 Å². The highest BCUT2D eigenvalue weighted by Gasteiger charge is 2.34. The summed E-state index contributed by atoms with van der Waals surface area (Å²) in [4.78, 5) is 29.1. The standard InChI is InChI=1S/C28H36N4O3S2/c1-16-10-25(32(31-16)20-8-9-35-15-20)30-26(36)12-18-4-7-23-21(11-18)27(28(34)29-14-17-2-3-17)24(37-23)13-22(33)19-5-6-19/h10,17-20H,2-9,11-15H2,1H3,(H,29,34)(H,30,36)/t18-,20?/m0/s1. The number of thiophene rings is 1. The van der Waals surface area contributed by atoms with Gasteiger partial charge in [0.05, 0.1) is 28.9 Å². The van der Waals surface area contributed by atoms with Crippen LogP contribution in [0.2, 0.25) is 0 Å². The van der Waals surface area contributed by atoms with Gasteiger partial charge in [-0.15, -0.1) is 11.3 Å². The molecule has 2 aromatic heterocycles. The minimum absolute atomic E-state index is 0.0162. The number of amides is 1. The predicted molar refractivity (Wildman–Crippen MR) is 149 cm³/mol. The third-order valence-electron chi connectivity index (χ3n) is 8.13. The number of ether oxygens (including phenoxy) is 1. The Hall–Kier alpha value is -2.10. The smallest absolute Gasteiger partial charge is 0.252 e. The van der Waals surface area contributed by atoms with E-state index in [4.69, 9.17) is 17.0 Å². The minimum Gasteiger partial charge on any atom is -0.379 e. The Kier molecular flexibility index (Phi) is 7.20. The van der Waals surface area contributed by atoms with Crippen molar-refractivity contribution in [3.05, 3.63) is 32.6 Å². The lowest BCUT2D eigenvalue weighted by atomic mass is 9.83. The van der Waals surface area contributed by atoms with Crippen molar-refractivity contribution < 1.29 is 14.3 Å². The van der Waals surface area contributed by atoms with Crippen molar-refractivity contribution in [1.29, 1.82) is 0 Å². The Morgan fingerprint density at radius 1 is 1.19 bits per heavy atom. The molecule has 2 aromatic rings. The number of nitrogens with zero attached hydrogens (tertiary/aromatic N) is 2. The summed E-state index contributed by atoms with van der Waals surface area (Å²) in [6.07, 6.45) is 9.39. The molecule has 0 spiro atoms. The fourth-order valence-corrected chi connectivity index (χ4v) is 7.39. The lowest BCUT2D eigenvalue weighted by Crippen LogP contribution is -2.28. The molecule has 1 unspecified atom stereocenters. The Labute approximate surface area is 227 Å². The quantitative estimate of drug-likeness (QED) is 0.421. The zero-order chi connectivity index (χ0) is 25.5. The van der Waals surface area contributed by atoms with Crippen LogP contribution in [-0.2, 0) is 28.8 Å². The zero-order valence-electron chi connectivity index (χ0n) is 21.5. The van der Waals surface area contributed by atoms with Gasteiger partial charge in [-0.1, -0.05) is 12.2 Å². The fraction of sp³-hybridized carbons (Fsp3) is 0.643. The molecule has 7 nitrogen and oxygen atoms in total. The van der Waals surface area contributed by atoms with Crippen LogP contribution in [0, 0.1) is 24.7 Å². The monoisotopic (exact) mass is 540 g/mol. The van der Waals surface area contributed by atoms with Crippen LogP contribution in [0.4, 0.5) is 5.82 Å². The van der Waals surface area contributed by atoms with Gasteiger partial charge in [0, 0.05) is 47.7 Å². The number of ketones is 1. The number of hydrogen-bond acceptors (Lipinski definition) is 6. The number of aryl methyl sites for hydroxylation is 2. The second-order valence-corrected chi connectivity index (χ2v) is 13.0. The highest BCUT2D eigenvalue weighted by atomic mass is 32.1. The van der Waals surface area contributed by atoms with Crippen LogP contribution in [0.25, 0.3) is 0 Å². The van der Waals surface area contributed by atoms with Crippen LogP contribution in [-0.4, -0.2) is 46.2 Å². The molecule has 9 heteroatoms. The minimum atomic E-state index is 0.0162. The lowest BCUT2D eigenvalue weighted by Gasteiger charge is -2.24. The number of nitrogens with one attached hydrogen (secondary N) is 2. The highest BCUT2D eigenvalue weighted by molar-refractivity contribution is 7.80. The maximum atomic E-state index is 13.4. The Morgan fingerprint density at radius 2 is 2.03 bits per heavy atom. The highest BCUT2D eigenvalue weighted by Crippen LogP contribution is 2.40. The summed E-state index contributed by atoms with van der Waals surface area (Å²) in [6, 6.07) is 2.30. The molecule has 2 atom stereocenters. The molecule has 0 aromatic carbocycles. The van der Waals surface area contributed by atoms with Gasteiger partial charge in [-0.25, -0.2) is 4.68 Å². The number of rotatable bonds is 10. The number of fused-ring (bicyclic) bond motifs is 1. The van der Waals surface area contributed by atoms with Crippen molar-refractivity contribution in [1.82, 2.24) is 15.1 Å². The normalized spacial score (nSPS) is 23.1. The first-order chi connectivity index (χ1) is 17.9. The maximum absolute atomic E-state index is 13.4. The van der Waals surface area contributed by atoms with Crippen molar-refractivity contribution in [2.75, 3.05) is 25.1 Å². The van der Waals surface area contributed by atoms with E-state index in [0.29, 0.717) is 30.6 Å². The Morgan fingerprint density at radius 3 is 2.76 bits per heavy atom. The number of Topliss-reactive ketones (excluding diaryl/α,β-unsaturated/α-hetero) is 1. The van der Waals surface area contributed by atoms with Crippen LogP contribution in [0.5, 0.6) is 0 Å². The zero-order valence-corrected chi connectivity index (χ0v) is 23.1. The van der Waals surface area contributed by atoms with Crippen molar-refractivity contribution in [3.63, 3.8) is 0 Å². The fourth-order valence-electron chi connectivity index (χ4n) is 5.69. The molecule has 0 radical (unpaired) electrons. The number of carbonyl (C=O) groups excluding carboxylic acids is 2. The summed E-state index contributed by atoms with van der Waals surface area (Å²) >= 11 is 7.52. The number of anilines is 1. The van der Waals surface area contributed by atoms with Crippen LogP contribution in [0.3, 0.4) is 0 Å². The van der Waals surface area contributed by atoms with Crippen molar-refractivity contribution in [2.45, 2.75) is 77.2 Å². The van der Waals surface area contributed by atoms with Crippen LogP contribution in [0.1, 0.15) is 82.4 Å². The summed E-state index contributed by atoms with van der Waals surface area (Å²) in [5, 5.41) is 11.3. The van der Waals surface area contributed by atoms with E-state index >= 15 is 0 Å². The molecule has 3 fully saturated rings. The summed E-state index contributed by atoms with van der Waals surface area (Å²) in [7, 11) is 0.